The molecule has 0 saturated heterocycles. The summed E-state index contributed by atoms with van der Waals surface area (Å²) in [6.45, 7) is 3.01. The molecule has 0 spiro atoms. The number of hydrogen-bond acceptors (Lipinski definition) is 5. The quantitative estimate of drug-likeness (QED) is 0.598. The van der Waals surface area contributed by atoms with Gasteiger partial charge < -0.3 is 14.8 Å². The third kappa shape index (κ3) is 5.16. The smallest absolute Gasteiger partial charge is 0.251 e. The molecule has 1 amide bonds. The highest BCUT2D eigenvalue weighted by Crippen LogP contribution is 2.33. The lowest BCUT2D eigenvalue weighted by Gasteiger charge is -2.30. The summed E-state index contributed by atoms with van der Waals surface area (Å²) < 4.78 is 10.9. The Bertz CT molecular complexity index is 1200. The van der Waals surface area contributed by atoms with Crippen molar-refractivity contribution in [3.8, 4) is 17.6 Å². The highest BCUT2D eigenvalue weighted by atomic mass is 16.5. The third-order valence-electron chi connectivity index (χ3n) is 6.00. The predicted molar refractivity (Wildman–Crippen MR) is 126 cm³/mol. The van der Waals surface area contributed by atoms with Gasteiger partial charge in [-0.1, -0.05) is 30.3 Å². The Morgan fingerprint density at radius 2 is 1.73 bits per heavy atom. The van der Waals surface area contributed by atoms with Crippen molar-refractivity contribution in [2.24, 2.45) is 0 Å². The molecule has 4 rings (SSSR count). The number of nitrogens with zero attached hydrogens (tertiary/aromatic N) is 2. The number of fused-ring (bicyclic) bond motifs is 1. The van der Waals surface area contributed by atoms with E-state index in [0.717, 1.165) is 43.1 Å². The van der Waals surface area contributed by atoms with Gasteiger partial charge >= 0.3 is 0 Å². The summed E-state index contributed by atoms with van der Waals surface area (Å²) in [4.78, 5) is 15.0. The van der Waals surface area contributed by atoms with Gasteiger partial charge in [-0.25, -0.2) is 0 Å². The monoisotopic (exact) mass is 441 g/mol. The van der Waals surface area contributed by atoms with Crippen LogP contribution in [0, 0.1) is 11.3 Å². The molecular weight excluding hydrogens is 414 g/mol. The molecule has 1 aliphatic rings. The van der Waals surface area contributed by atoms with Crippen LogP contribution >= 0.6 is 0 Å². The predicted octanol–water partition coefficient (Wildman–Crippen LogP) is 4.06. The van der Waals surface area contributed by atoms with Crippen LogP contribution in [0.3, 0.4) is 0 Å². The zero-order valence-corrected chi connectivity index (χ0v) is 18.9. The van der Waals surface area contributed by atoms with Crippen LogP contribution in [-0.2, 0) is 26.1 Å². The first-order chi connectivity index (χ1) is 16.1. The topological polar surface area (TPSA) is 74.6 Å². The molecule has 3 aromatic rings. The van der Waals surface area contributed by atoms with E-state index in [0.29, 0.717) is 17.7 Å². The summed E-state index contributed by atoms with van der Waals surface area (Å²) >= 11 is 0. The minimum Gasteiger partial charge on any atom is -0.493 e. The molecule has 0 atom stereocenters. The van der Waals surface area contributed by atoms with Gasteiger partial charge in [-0.05, 0) is 59.0 Å². The zero-order chi connectivity index (χ0) is 23.2. The second-order valence-electron chi connectivity index (χ2n) is 8.08. The van der Waals surface area contributed by atoms with Crippen molar-refractivity contribution in [3.05, 3.63) is 94.0 Å². The minimum atomic E-state index is -0.185. The number of nitriles is 1. The van der Waals surface area contributed by atoms with Gasteiger partial charge in [0, 0.05) is 31.7 Å². The molecule has 1 N–H and O–H groups in total. The summed E-state index contributed by atoms with van der Waals surface area (Å²) in [6.07, 6.45) is 0.948. The fraction of sp³-hybridized carbons (Fsp3) is 0.259. The molecule has 0 fully saturated rings. The van der Waals surface area contributed by atoms with E-state index < -0.39 is 0 Å². The van der Waals surface area contributed by atoms with Crippen LogP contribution in [0.4, 0.5) is 0 Å². The third-order valence-corrected chi connectivity index (χ3v) is 6.00. The van der Waals surface area contributed by atoms with Crippen molar-refractivity contribution in [2.45, 2.75) is 26.1 Å². The summed E-state index contributed by atoms with van der Waals surface area (Å²) in [5.74, 6) is 1.34. The van der Waals surface area contributed by atoms with Gasteiger partial charge in [-0.3, -0.25) is 9.69 Å². The summed E-state index contributed by atoms with van der Waals surface area (Å²) in [6, 6.07) is 21.1. The van der Waals surface area contributed by atoms with E-state index in [1.54, 1.807) is 38.5 Å². The Balaban J connectivity index is 1.44. The number of nitrogens with one attached hydrogen (secondary N) is 1. The van der Waals surface area contributed by atoms with Crippen LogP contribution < -0.4 is 14.8 Å². The Hall–Kier alpha value is -3.82. The Labute approximate surface area is 194 Å². The first-order valence-electron chi connectivity index (χ1n) is 10.9. The van der Waals surface area contributed by atoms with Crippen LogP contribution in [0.25, 0.3) is 0 Å². The Kier molecular flexibility index (Phi) is 6.92. The standard InChI is InChI=1S/C27H27N3O3/c1-32-25-13-20-10-11-30(18-24(20)14-26(25)33-2)17-23-8-4-3-7-22(23)16-29-27(31)21-9-5-6-19(12-21)15-28/h3-9,12-14H,10-11,16-18H2,1-2H3,(H,29,31). The molecule has 33 heavy (non-hydrogen) atoms. The van der Waals surface area contributed by atoms with Gasteiger partial charge in [0.2, 0.25) is 0 Å². The molecule has 0 aromatic heterocycles. The van der Waals surface area contributed by atoms with Crippen LogP contribution in [-0.4, -0.2) is 31.6 Å². The lowest BCUT2D eigenvalue weighted by molar-refractivity contribution is 0.0950. The minimum absolute atomic E-state index is 0.185. The van der Waals surface area contributed by atoms with Crippen molar-refractivity contribution in [1.82, 2.24) is 10.2 Å². The van der Waals surface area contributed by atoms with E-state index in [2.05, 4.69) is 34.5 Å². The molecule has 1 heterocycles. The second-order valence-corrected chi connectivity index (χ2v) is 8.08. The number of benzene rings is 3. The number of ether oxygens (including phenoxy) is 2. The van der Waals surface area contributed by atoms with Gasteiger partial charge in [-0.2, -0.15) is 5.26 Å². The normalized spacial score (nSPS) is 13.0. The van der Waals surface area contributed by atoms with Gasteiger partial charge in [0.05, 0.1) is 25.9 Å². The molecular formula is C27H27N3O3. The van der Waals surface area contributed by atoms with Gasteiger partial charge in [-0.15, -0.1) is 0 Å². The largest absolute Gasteiger partial charge is 0.493 e. The number of methoxy groups -OCH3 is 2. The van der Waals surface area contributed by atoms with E-state index in [1.807, 2.05) is 18.2 Å². The number of hydrogen-bond donors (Lipinski definition) is 1. The van der Waals surface area contributed by atoms with E-state index in [9.17, 15) is 4.79 Å². The average molecular weight is 442 g/mol. The zero-order valence-electron chi connectivity index (χ0n) is 18.9. The van der Waals surface area contributed by atoms with Crippen LogP contribution in [0.15, 0.2) is 60.7 Å². The summed E-state index contributed by atoms with van der Waals surface area (Å²) in [5, 5.41) is 12.1. The molecule has 0 unspecified atom stereocenters. The van der Waals surface area contributed by atoms with Crippen LogP contribution in [0.2, 0.25) is 0 Å². The molecule has 0 saturated carbocycles. The second kappa shape index (κ2) is 10.2. The lowest BCUT2D eigenvalue weighted by atomic mass is 9.97. The molecule has 1 aliphatic heterocycles. The van der Waals surface area contributed by atoms with Crippen LogP contribution in [0.1, 0.15) is 38.2 Å². The average Bonchev–Trinajstić information content (AvgIpc) is 2.87. The van der Waals surface area contributed by atoms with E-state index in [4.69, 9.17) is 14.7 Å². The fourth-order valence-electron chi connectivity index (χ4n) is 4.21. The van der Waals surface area contributed by atoms with Gasteiger partial charge in [0.1, 0.15) is 0 Å². The fourth-order valence-corrected chi connectivity index (χ4v) is 4.21. The molecule has 168 valence electrons. The van der Waals surface area contributed by atoms with Crippen molar-refractivity contribution >= 4 is 5.91 Å². The summed E-state index contributed by atoms with van der Waals surface area (Å²) in [5.41, 5.74) is 5.78. The maximum atomic E-state index is 12.6. The molecule has 0 radical (unpaired) electrons. The van der Waals surface area contributed by atoms with E-state index >= 15 is 0 Å². The number of rotatable bonds is 7. The maximum Gasteiger partial charge on any atom is 0.251 e. The van der Waals surface area contributed by atoms with E-state index in [1.165, 1.54) is 16.7 Å². The molecule has 0 aliphatic carbocycles. The van der Waals surface area contributed by atoms with Crippen LogP contribution in [0.5, 0.6) is 11.5 Å². The van der Waals surface area contributed by atoms with Gasteiger partial charge in [0.15, 0.2) is 11.5 Å². The Morgan fingerprint density at radius 3 is 2.45 bits per heavy atom. The van der Waals surface area contributed by atoms with Crippen molar-refractivity contribution in [3.63, 3.8) is 0 Å². The molecule has 0 bridgehead atoms. The number of carbonyl (C=O) groups is 1. The highest BCUT2D eigenvalue weighted by molar-refractivity contribution is 5.94. The molecule has 6 heteroatoms. The van der Waals surface area contributed by atoms with Crippen molar-refractivity contribution in [2.75, 3.05) is 20.8 Å². The SMILES string of the molecule is COc1cc2c(cc1OC)CN(Cc1ccccc1CNC(=O)c1cccc(C#N)c1)CC2. The number of amides is 1. The molecule has 3 aromatic carbocycles. The first-order valence-corrected chi connectivity index (χ1v) is 10.9. The van der Waals surface area contributed by atoms with Crippen molar-refractivity contribution in [1.29, 1.82) is 5.26 Å². The van der Waals surface area contributed by atoms with Gasteiger partial charge in [0.25, 0.3) is 5.91 Å². The Morgan fingerprint density at radius 1 is 1.00 bits per heavy atom. The number of carbonyl (C=O) groups excluding carboxylic acids is 1. The first kappa shape index (κ1) is 22.4. The maximum absolute atomic E-state index is 12.6. The summed E-state index contributed by atoms with van der Waals surface area (Å²) in [7, 11) is 3.32. The molecule has 6 nitrogen and oxygen atoms in total. The lowest BCUT2D eigenvalue weighted by Crippen LogP contribution is -2.31. The highest BCUT2D eigenvalue weighted by Gasteiger charge is 2.20. The van der Waals surface area contributed by atoms with Crippen molar-refractivity contribution < 1.29 is 14.3 Å². The van der Waals surface area contributed by atoms with E-state index in [-0.39, 0.29) is 5.91 Å².